The van der Waals surface area contributed by atoms with Gasteiger partial charge in [0.05, 0.1) is 0 Å². The van der Waals surface area contributed by atoms with Crippen LogP contribution in [0.4, 0.5) is 0 Å². The van der Waals surface area contributed by atoms with Crippen LogP contribution in [0.3, 0.4) is 0 Å². The molecule has 3 rings (SSSR count). The summed E-state index contributed by atoms with van der Waals surface area (Å²) in [6.45, 7) is 4.37. The minimum absolute atomic E-state index is 0. The lowest BCUT2D eigenvalue weighted by atomic mass is 10.1. The molecule has 0 spiro atoms. The van der Waals surface area contributed by atoms with Crippen LogP contribution >= 0.6 is 24.8 Å². The zero-order valence-electron chi connectivity index (χ0n) is 16.2. The lowest BCUT2D eigenvalue weighted by molar-refractivity contribution is -0.125. The first kappa shape index (κ1) is 24.7. The fourth-order valence-electron chi connectivity index (χ4n) is 3.80. The molecule has 1 aromatic rings. The van der Waals surface area contributed by atoms with Crippen molar-refractivity contribution in [1.82, 2.24) is 15.5 Å². The van der Waals surface area contributed by atoms with Gasteiger partial charge in [-0.3, -0.25) is 9.59 Å². The van der Waals surface area contributed by atoms with Crippen LogP contribution in [0.15, 0.2) is 24.3 Å². The van der Waals surface area contributed by atoms with E-state index < -0.39 is 0 Å². The van der Waals surface area contributed by atoms with Crippen molar-refractivity contribution in [2.24, 2.45) is 11.7 Å². The highest BCUT2D eigenvalue weighted by Crippen LogP contribution is 2.24. The molecule has 1 saturated carbocycles. The van der Waals surface area contributed by atoms with E-state index >= 15 is 0 Å². The largest absolute Gasteiger partial charge is 0.352 e. The molecular formula is C20H32Cl2N4O2. The quantitative estimate of drug-likeness (QED) is 0.617. The van der Waals surface area contributed by atoms with E-state index in [1.807, 2.05) is 24.3 Å². The van der Waals surface area contributed by atoms with Gasteiger partial charge >= 0.3 is 0 Å². The minimum atomic E-state index is -0.0419. The van der Waals surface area contributed by atoms with E-state index in [4.69, 9.17) is 5.73 Å². The summed E-state index contributed by atoms with van der Waals surface area (Å²) in [5.74, 6) is 0.0899. The Hall–Kier alpha value is -1.34. The summed E-state index contributed by atoms with van der Waals surface area (Å²) in [5, 5.41) is 5.95. The fraction of sp³-hybridized carbons (Fsp3) is 0.600. The number of benzene rings is 1. The van der Waals surface area contributed by atoms with Crippen LogP contribution in [0, 0.1) is 5.92 Å². The Balaban J connectivity index is 0.00000196. The Kier molecular flexibility index (Phi) is 10.8. The maximum absolute atomic E-state index is 12.2. The second kappa shape index (κ2) is 12.3. The molecule has 2 fully saturated rings. The number of hydrogen-bond donors (Lipinski definition) is 3. The first-order valence-electron chi connectivity index (χ1n) is 9.74. The van der Waals surface area contributed by atoms with Crippen LogP contribution in [-0.4, -0.2) is 48.9 Å². The van der Waals surface area contributed by atoms with Crippen molar-refractivity contribution < 1.29 is 9.59 Å². The molecule has 2 amide bonds. The molecule has 1 aliphatic carbocycles. The van der Waals surface area contributed by atoms with Crippen LogP contribution in [0.2, 0.25) is 0 Å². The van der Waals surface area contributed by atoms with Gasteiger partial charge in [0, 0.05) is 37.2 Å². The zero-order chi connectivity index (χ0) is 18.4. The molecule has 1 heterocycles. The van der Waals surface area contributed by atoms with E-state index in [1.54, 1.807) is 0 Å². The standard InChI is InChI=1S/C20H30N4O2.2ClH/c21-18-8-7-17(13-18)20(26)23-14-15-3-5-16(6-4-15)19(25)22-9-12-24-10-1-2-11-24;;/h3-6,17-18H,1-2,7-14,21H2,(H,22,25)(H,23,26);2*1H. The number of nitrogens with one attached hydrogen (secondary N) is 2. The molecule has 2 aliphatic rings. The predicted molar refractivity (Wildman–Crippen MR) is 116 cm³/mol. The second-order valence-electron chi connectivity index (χ2n) is 7.49. The molecule has 0 bridgehead atoms. The number of carbonyl (C=O) groups excluding carboxylic acids is 2. The second-order valence-corrected chi connectivity index (χ2v) is 7.49. The minimum Gasteiger partial charge on any atom is -0.352 e. The molecule has 1 aliphatic heterocycles. The number of amides is 2. The van der Waals surface area contributed by atoms with Crippen molar-refractivity contribution in [2.75, 3.05) is 26.2 Å². The summed E-state index contributed by atoms with van der Waals surface area (Å²) in [4.78, 5) is 26.7. The SMILES string of the molecule is Cl.Cl.NC1CCC(C(=O)NCc2ccc(C(=O)NCCN3CCCC3)cc2)C1. The molecule has 4 N–H and O–H groups in total. The van der Waals surface area contributed by atoms with Gasteiger partial charge in [0.1, 0.15) is 0 Å². The summed E-state index contributed by atoms with van der Waals surface area (Å²) < 4.78 is 0. The van der Waals surface area contributed by atoms with Crippen molar-refractivity contribution in [3.05, 3.63) is 35.4 Å². The van der Waals surface area contributed by atoms with E-state index in [0.29, 0.717) is 18.7 Å². The maximum atomic E-state index is 12.2. The van der Waals surface area contributed by atoms with Crippen molar-refractivity contribution in [3.63, 3.8) is 0 Å². The molecule has 158 valence electrons. The van der Waals surface area contributed by atoms with Gasteiger partial charge in [-0.1, -0.05) is 12.1 Å². The molecule has 6 nitrogen and oxygen atoms in total. The predicted octanol–water partition coefficient (Wildman–Crippen LogP) is 2.10. The third-order valence-electron chi connectivity index (χ3n) is 5.44. The number of likely N-dealkylation sites (tertiary alicyclic amines) is 1. The molecule has 0 radical (unpaired) electrons. The Morgan fingerprint density at radius 2 is 1.71 bits per heavy atom. The average molecular weight is 431 g/mol. The third kappa shape index (κ3) is 7.24. The van der Waals surface area contributed by atoms with Crippen molar-refractivity contribution in [2.45, 2.75) is 44.7 Å². The number of nitrogens with two attached hydrogens (primary N) is 1. The van der Waals surface area contributed by atoms with E-state index in [9.17, 15) is 9.59 Å². The molecule has 1 saturated heterocycles. The molecular weight excluding hydrogens is 399 g/mol. The lowest BCUT2D eigenvalue weighted by Gasteiger charge is -2.14. The highest BCUT2D eigenvalue weighted by atomic mass is 35.5. The van der Waals surface area contributed by atoms with Gasteiger partial charge < -0.3 is 21.3 Å². The lowest BCUT2D eigenvalue weighted by Crippen LogP contribution is -2.33. The number of rotatable bonds is 7. The van der Waals surface area contributed by atoms with Crippen molar-refractivity contribution in [1.29, 1.82) is 0 Å². The van der Waals surface area contributed by atoms with Gasteiger partial charge in [0.2, 0.25) is 5.91 Å². The fourth-order valence-corrected chi connectivity index (χ4v) is 3.80. The van der Waals surface area contributed by atoms with Crippen molar-refractivity contribution >= 4 is 36.6 Å². The number of hydrogen-bond acceptors (Lipinski definition) is 4. The normalized spacial score (nSPS) is 21.5. The van der Waals surface area contributed by atoms with E-state index in [0.717, 1.165) is 44.5 Å². The van der Waals surface area contributed by atoms with Crippen LogP contribution in [-0.2, 0) is 11.3 Å². The smallest absolute Gasteiger partial charge is 0.251 e. The first-order valence-corrected chi connectivity index (χ1v) is 9.74. The van der Waals surface area contributed by atoms with Gasteiger partial charge in [0.15, 0.2) is 0 Å². The number of halogens is 2. The highest BCUT2D eigenvalue weighted by Gasteiger charge is 2.27. The molecule has 2 unspecified atom stereocenters. The highest BCUT2D eigenvalue weighted by molar-refractivity contribution is 5.94. The van der Waals surface area contributed by atoms with Crippen molar-refractivity contribution in [3.8, 4) is 0 Å². The summed E-state index contributed by atoms with van der Waals surface area (Å²) in [6.07, 6.45) is 5.12. The molecule has 2 atom stereocenters. The first-order chi connectivity index (χ1) is 12.6. The Morgan fingerprint density at radius 3 is 2.32 bits per heavy atom. The van der Waals surface area contributed by atoms with Gasteiger partial charge in [0.25, 0.3) is 5.91 Å². The van der Waals surface area contributed by atoms with Crippen LogP contribution in [0.25, 0.3) is 0 Å². The van der Waals surface area contributed by atoms with Gasteiger partial charge in [-0.15, -0.1) is 24.8 Å². The topological polar surface area (TPSA) is 87.5 Å². The number of nitrogens with zero attached hydrogens (tertiary/aromatic N) is 1. The maximum Gasteiger partial charge on any atom is 0.251 e. The summed E-state index contributed by atoms with van der Waals surface area (Å²) in [5.41, 5.74) is 7.52. The van der Waals surface area contributed by atoms with Gasteiger partial charge in [-0.25, -0.2) is 0 Å². The van der Waals surface area contributed by atoms with Crippen LogP contribution in [0.5, 0.6) is 0 Å². The zero-order valence-corrected chi connectivity index (χ0v) is 17.8. The number of carbonyl (C=O) groups is 2. The summed E-state index contributed by atoms with van der Waals surface area (Å²) >= 11 is 0. The monoisotopic (exact) mass is 430 g/mol. The van der Waals surface area contributed by atoms with Crippen LogP contribution in [0.1, 0.15) is 48.0 Å². The Labute approximate surface area is 179 Å². The van der Waals surface area contributed by atoms with Crippen LogP contribution < -0.4 is 16.4 Å². The summed E-state index contributed by atoms with van der Waals surface area (Å²) in [6, 6.07) is 7.59. The Morgan fingerprint density at radius 1 is 1.04 bits per heavy atom. The molecule has 28 heavy (non-hydrogen) atoms. The third-order valence-corrected chi connectivity index (χ3v) is 5.44. The van der Waals surface area contributed by atoms with Gasteiger partial charge in [-0.05, 0) is 62.9 Å². The Bertz CT molecular complexity index is 621. The molecule has 8 heteroatoms. The van der Waals surface area contributed by atoms with E-state index in [2.05, 4.69) is 15.5 Å². The van der Waals surface area contributed by atoms with Gasteiger partial charge in [-0.2, -0.15) is 0 Å². The summed E-state index contributed by atoms with van der Waals surface area (Å²) in [7, 11) is 0. The van der Waals surface area contributed by atoms with E-state index in [1.165, 1.54) is 12.8 Å². The molecule has 1 aromatic carbocycles. The van der Waals surface area contributed by atoms with E-state index in [-0.39, 0.29) is 48.6 Å². The average Bonchev–Trinajstić information content (AvgIpc) is 3.32. The molecule has 0 aromatic heterocycles.